The predicted molar refractivity (Wildman–Crippen MR) is 90.1 cm³/mol. The van der Waals surface area contributed by atoms with E-state index in [0.717, 1.165) is 17.3 Å². The molecule has 1 N–H and O–H groups in total. The van der Waals surface area contributed by atoms with Gasteiger partial charge in [-0.1, -0.05) is 43.9 Å². The Bertz CT molecular complexity index is 629. The summed E-state index contributed by atoms with van der Waals surface area (Å²) < 4.78 is 0.285. The summed E-state index contributed by atoms with van der Waals surface area (Å²) in [6.07, 6.45) is 5.32. The van der Waals surface area contributed by atoms with Crippen LogP contribution in [-0.2, 0) is 9.59 Å². The third-order valence-electron chi connectivity index (χ3n) is 3.10. The van der Waals surface area contributed by atoms with Crippen LogP contribution in [0.2, 0.25) is 0 Å². The Hall–Kier alpha value is -1.73. The molecule has 1 amide bonds. The molecule has 1 atom stereocenters. The molecule has 0 aliphatic carbocycles. The highest BCUT2D eigenvalue weighted by atomic mass is 32.2. The van der Waals surface area contributed by atoms with Crippen molar-refractivity contribution in [3.63, 3.8) is 0 Å². The second-order valence-electron chi connectivity index (χ2n) is 5.32. The van der Waals surface area contributed by atoms with E-state index in [9.17, 15) is 14.7 Å². The Morgan fingerprint density at radius 1 is 1.55 bits per heavy atom. The minimum absolute atomic E-state index is 0.146. The largest absolute Gasteiger partial charge is 0.480 e. The van der Waals surface area contributed by atoms with Gasteiger partial charge in [0.25, 0.3) is 5.91 Å². The van der Waals surface area contributed by atoms with Crippen molar-refractivity contribution in [1.29, 1.82) is 0 Å². The molecule has 0 radical (unpaired) electrons. The predicted octanol–water partition coefficient (Wildman–Crippen LogP) is 2.78. The number of rotatable bonds is 5. The molecule has 0 aromatic carbocycles. The van der Waals surface area contributed by atoms with Gasteiger partial charge in [-0.05, 0) is 30.0 Å². The normalized spacial score (nSPS) is 18.3. The topological polar surface area (TPSA) is 70.5 Å². The number of aromatic nitrogens is 1. The van der Waals surface area contributed by atoms with Crippen LogP contribution in [0.15, 0.2) is 29.4 Å². The van der Waals surface area contributed by atoms with Crippen molar-refractivity contribution >= 4 is 46.3 Å². The quantitative estimate of drug-likeness (QED) is 0.658. The number of nitrogens with zero attached hydrogens (tertiary/aromatic N) is 2. The molecule has 22 heavy (non-hydrogen) atoms. The molecule has 1 aliphatic rings. The van der Waals surface area contributed by atoms with Gasteiger partial charge in [-0.3, -0.25) is 14.7 Å². The number of hydrogen-bond donors (Lipinski definition) is 1. The van der Waals surface area contributed by atoms with E-state index in [4.69, 9.17) is 12.2 Å². The fraction of sp³-hybridized carbons (Fsp3) is 0.333. The molecule has 1 aromatic heterocycles. The van der Waals surface area contributed by atoms with E-state index in [1.807, 2.05) is 19.9 Å². The summed E-state index contributed by atoms with van der Waals surface area (Å²) in [5, 5.41) is 9.40. The lowest BCUT2D eigenvalue weighted by atomic mass is 10.0. The zero-order valence-corrected chi connectivity index (χ0v) is 13.9. The van der Waals surface area contributed by atoms with Crippen molar-refractivity contribution in [2.75, 3.05) is 0 Å². The Balaban J connectivity index is 2.28. The average molecular weight is 336 g/mol. The van der Waals surface area contributed by atoms with Gasteiger partial charge >= 0.3 is 5.97 Å². The first-order valence-electron chi connectivity index (χ1n) is 6.80. The lowest BCUT2D eigenvalue weighted by molar-refractivity contribution is -0.145. The minimum atomic E-state index is -1.03. The summed E-state index contributed by atoms with van der Waals surface area (Å²) in [7, 11) is 0. The number of carbonyl (C=O) groups excluding carboxylic acids is 1. The molecule has 0 spiro atoms. The van der Waals surface area contributed by atoms with Crippen LogP contribution in [0.25, 0.3) is 6.08 Å². The van der Waals surface area contributed by atoms with E-state index in [0.29, 0.717) is 11.3 Å². The van der Waals surface area contributed by atoms with Gasteiger partial charge in [0.2, 0.25) is 0 Å². The van der Waals surface area contributed by atoms with Crippen LogP contribution in [0.3, 0.4) is 0 Å². The Morgan fingerprint density at radius 3 is 2.82 bits per heavy atom. The zero-order valence-electron chi connectivity index (χ0n) is 12.2. The minimum Gasteiger partial charge on any atom is -0.480 e. The van der Waals surface area contributed by atoms with Gasteiger partial charge < -0.3 is 5.11 Å². The molecule has 2 rings (SSSR count). The van der Waals surface area contributed by atoms with E-state index in [-0.39, 0.29) is 16.1 Å². The van der Waals surface area contributed by atoms with Crippen LogP contribution < -0.4 is 0 Å². The molecule has 0 saturated carbocycles. The maximum Gasteiger partial charge on any atom is 0.326 e. The molecule has 5 nitrogen and oxygen atoms in total. The summed E-state index contributed by atoms with van der Waals surface area (Å²) in [5.74, 6) is -1.24. The van der Waals surface area contributed by atoms with Crippen LogP contribution in [0, 0.1) is 5.92 Å². The van der Waals surface area contributed by atoms with Gasteiger partial charge in [0.15, 0.2) is 0 Å². The molecule has 0 bridgehead atoms. The fourth-order valence-electron chi connectivity index (χ4n) is 2.12. The van der Waals surface area contributed by atoms with E-state index in [1.165, 1.54) is 4.90 Å². The summed E-state index contributed by atoms with van der Waals surface area (Å²) >= 11 is 6.33. The van der Waals surface area contributed by atoms with Crippen LogP contribution in [0.5, 0.6) is 0 Å². The van der Waals surface area contributed by atoms with Crippen molar-refractivity contribution in [1.82, 2.24) is 9.88 Å². The van der Waals surface area contributed by atoms with Crippen molar-refractivity contribution in [3.8, 4) is 0 Å². The molecule has 1 aliphatic heterocycles. The van der Waals surface area contributed by atoms with Crippen molar-refractivity contribution in [3.05, 3.63) is 35.0 Å². The fourth-order valence-corrected chi connectivity index (χ4v) is 3.48. The second kappa shape index (κ2) is 7.02. The van der Waals surface area contributed by atoms with Crippen molar-refractivity contribution in [2.45, 2.75) is 26.3 Å². The van der Waals surface area contributed by atoms with Crippen LogP contribution in [0.4, 0.5) is 0 Å². The van der Waals surface area contributed by atoms with E-state index < -0.39 is 12.0 Å². The number of pyridine rings is 1. The van der Waals surface area contributed by atoms with E-state index in [2.05, 4.69) is 4.98 Å². The highest BCUT2D eigenvalue weighted by Crippen LogP contribution is 2.35. The molecule has 1 saturated heterocycles. The highest BCUT2D eigenvalue weighted by molar-refractivity contribution is 8.26. The van der Waals surface area contributed by atoms with Gasteiger partial charge in [-0.2, -0.15) is 0 Å². The van der Waals surface area contributed by atoms with Gasteiger partial charge in [-0.25, -0.2) is 4.79 Å². The molecule has 116 valence electrons. The second-order valence-corrected chi connectivity index (χ2v) is 7.00. The molecule has 1 aromatic rings. The average Bonchev–Trinajstić information content (AvgIpc) is 2.72. The third kappa shape index (κ3) is 3.72. The Kier molecular flexibility index (Phi) is 5.31. The number of hydrogen-bond acceptors (Lipinski definition) is 5. The third-order valence-corrected chi connectivity index (χ3v) is 4.43. The maximum atomic E-state index is 12.5. The number of thiocarbonyl (C=S) groups is 1. The zero-order chi connectivity index (χ0) is 16.3. The number of amides is 1. The van der Waals surface area contributed by atoms with Crippen molar-refractivity contribution < 1.29 is 14.7 Å². The lowest BCUT2D eigenvalue weighted by Crippen LogP contribution is -2.44. The molecule has 2 heterocycles. The first-order chi connectivity index (χ1) is 10.4. The smallest absolute Gasteiger partial charge is 0.326 e. The van der Waals surface area contributed by atoms with E-state index >= 15 is 0 Å². The van der Waals surface area contributed by atoms with E-state index in [1.54, 1.807) is 24.5 Å². The molecule has 1 unspecified atom stereocenters. The molecular weight excluding hydrogens is 320 g/mol. The van der Waals surface area contributed by atoms with Crippen molar-refractivity contribution in [2.24, 2.45) is 5.92 Å². The van der Waals surface area contributed by atoms with Gasteiger partial charge in [-0.15, -0.1) is 0 Å². The summed E-state index contributed by atoms with van der Waals surface area (Å²) in [6, 6.07) is 2.67. The Labute approximate surface area is 138 Å². The van der Waals surface area contributed by atoms with Gasteiger partial charge in [0, 0.05) is 12.4 Å². The molecular formula is C15H16N2O3S2. The number of carbonyl (C=O) groups is 2. The number of carboxylic acids is 1. The monoisotopic (exact) mass is 336 g/mol. The van der Waals surface area contributed by atoms with Gasteiger partial charge in [0.05, 0.1) is 4.91 Å². The number of carboxylic acid groups (broad SMARTS) is 1. The summed E-state index contributed by atoms with van der Waals surface area (Å²) in [5.41, 5.74) is 0.777. The maximum absolute atomic E-state index is 12.5. The van der Waals surface area contributed by atoms with Crippen LogP contribution in [0.1, 0.15) is 25.8 Å². The SMILES string of the molecule is CC(C)CC(C(=O)O)N1C(=O)/C(=C\c2cccnc2)SC1=S. The first-order valence-corrected chi connectivity index (χ1v) is 8.02. The molecule has 1 fully saturated rings. The standard InChI is InChI=1S/C15H16N2O3S2/c1-9(2)6-11(14(19)20)17-13(18)12(22-15(17)21)7-10-4-3-5-16-8-10/h3-5,7-9,11H,6H2,1-2H3,(H,19,20)/b12-7+. The Morgan fingerprint density at radius 2 is 2.27 bits per heavy atom. The number of thioether (sulfide) groups is 1. The van der Waals surface area contributed by atoms with Crippen LogP contribution in [-0.4, -0.2) is 37.2 Å². The lowest BCUT2D eigenvalue weighted by Gasteiger charge is -2.24. The summed E-state index contributed by atoms with van der Waals surface area (Å²) in [4.78, 5) is 29.6. The van der Waals surface area contributed by atoms with Gasteiger partial charge in [0.1, 0.15) is 10.4 Å². The van der Waals surface area contributed by atoms with Crippen LogP contribution >= 0.6 is 24.0 Å². The number of aliphatic carboxylic acids is 1. The highest BCUT2D eigenvalue weighted by Gasteiger charge is 2.40. The molecule has 7 heteroatoms. The summed E-state index contributed by atoms with van der Waals surface area (Å²) in [6.45, 7) is 3.83. The first kappa shape index (κ1) is 16.6.